The molecule has 0 bridgehead atoms. The lowest BCUT2D eigenvalue weighted by Crippen LogP contribution is -2.38. The minimum Gasteiger partial charge on any atom is -0.504 e. The first-order valence-corrected chi connectivity index (χ1v) is 6.46. The zero-order valence-electron chi connectivity index (χ0n) is 9.98. The number of phenolic OH excluding ortho intramolecular Hbond substituents is 1. The van der Waals surface area contributed by atoms with Gasteiger partial charge in [-0.25, -0.2) is 4.39 Å². The number of phenols is 1. The molecule has 0 saturated heterocycles. The zero-order chi connectivity index (χ0) is 13.3. The molecule has 1 aliphatic rings. The molecule has 1 aliphatic carbocycles. The van der Waals surface area contributed by atoms with Gasteiger partial charge in [-0.15, -0.1) is 0 Å². The number of rotatable bonds is 2. The van der Waals surface area contributed by atoms with E-state index in [1.165, 1.54) is 6.07 Å². The summed E-state index contributed by atoms with van der Waals surface area (Å²) in [5, 5.41) is 9.12. The second-order valence-corrected chi connectivity index (χ2v) is 5.33. The molecule has 1 aromatic carbocycles. The predicted octanol–water partition coefficient (Wildman–Crippen LogP) is 3.48. The average molecular weight is 276 g/mol. The van der Waals surface area contributed by atoms with Crippen LogP contribution in [-0.4, -0.2) is 11.7 Å². The molecule has 0 atom stereocenters. The van der Waals surface area contributed by atoms with Gasteiger partial charge in [-0.05, 0) is 18.9 Å². The summed E-state index contributed by atoms with van der Waals surface area (Å²) in [7, 11) is 0. The Hall–Kier alpha value is -0.870. The third kappa shape index (κ3) is 2.08. The molecule has 0 amide bonds. The largest absolute Gasteiger partial charge is 0.504 e. The highest BCUT2D eigenvalue weighted by molar-refractivity contribution is 6.32. The monoisotopic (exact) mass is 275 g/mol. The molecule has 0 spiro atoms. The van der Waals surface area contributed by atoms with Crippen LogP contribution in [-0.2, 0) is 5.41 Å². The van der Waals surface area contributed by atoms with Crippen molar-refractivity contribution >= 4 is 11.6 Å². The second-order valence-electron chi connectivity index (χ2n) is 4.93. The smallest absolute Gasteiger partial charge is 0.202 e. The van der Waals surface area contributed by atoms with E-state index in [9.17, 15) is 13.9 Å². The third-order valence-corrected chi connectivity index (χ3v) is 4.20. The quantitative estimate of drug-likeness (QED) is 0.812. The highest BCUT2D eigenvalue weighted by atomic mass is 35.5. The molecule has 2 rings (SSSR count). The number of benzene rings is 1. The van der Waals surface area contributed by atoms with E-state index in [-0.39, 0.29) is 17.1 Å². The number of nitrogens with two attached hydrogens (primary N) is 1. The van der Waals surface area contributed by atoms with E-state index in [0.717, 1.165) is 32.1 Å². The number of aromatic hydroxyl groups is 1. The van der Waals surface area contributed by atoms with Crippen molar-refractivity contribution in [2.24, 2.45) is 5.73 Å². The minimum atomic E-state index is -1.28. The van der Waals surface area contributed by atoms with Crippen LogP contribution in [0, 0.1) is 11.6 Å². The molecule has 1 saturated carbocycles. The molecular formula is C13H16ClF2NO. The Labute approximate surface area is 110 Å². The minimum absolute atomic E-state index is 0.165. The van der Waals surface area contributed by atoms with Crippen LogP contribution in [0.15, 0.2) is 6.07 Å². The maximum atomic E-state index is 14.0. The second kappa shape index (κ2) is 5.02. The molecule has 18 heavy (non-hydrogen) atoms. The van der Waals surface area contributed by atoms with Crippen LogP contribution in [0.1, 0.15) is 37.7 Å². The van der Waals surface area contributed by atoms with Gasteiger partial charge in [0.25, 0.3) is 0 Å². The molecule has 3 N–H and O–H groups in total. The first-order chi connectivity index (χ1) is 8.52. The van der Waals surface area contributed by atoms with Crippen LogP contribution in [0.25, 0.3) is 0 Å². The van der Waals surface area contributed by atoms with E-state index in [0.29, 0.717) is 0 Å². The number of hydrogen-bond acceptors (Lipinski definition) is 2. The molecule has 2 nitrogen and oxygen atoms in total. The summed E-state index contributed by atoms with van der Waals surface area (Å²) in [6, 6.07) is 1.31. The van der Waals surface area contributed by atoms with Crippen LogP contribution in [0.5, 0.6) is 5.75 Å². The summed E-state index contributed by atoms with van der Waals surface area (Å²) in [4.78, 5) is 0. The highest BCUT2D eigenvalue weighted by Crippen LogP contribution is 2.43. The molecule has 0 radical (unpaired) electrons. The SMILES string of the molecule is NCC1(c2cc(Cl)c(O)c(F)c2F)CCCCC1. The standard InChI is InChI=1S/C13H16ClF2NO/c14-9-6-8(10(15)11(16)12(9)18)13(7-17)4-2-1-3-5-13/h6,18H,1-5,7,17H2. The summed E-state index contributed by atoms with van der Waals surface area (Å²) in [5.41, 5.74) is 5.43. The van der Waals surface area contributed by atoms with E-state index >= 15 is 0 Å². The van der Waals surface area contributed by atoms with Crippen molar-refractivity contribution in [3.63, 3.8) is 0 Å². The van der Waals surface area contributed by atoms with Crippen molar-refractivity contribution < 1.29 is 13.9 Å². The van der Waals surface area contributed by atoms with Crippen molar-refractivity contribution in [3.8, 4) is 5.75 Å². The van der Waals surface area contributed by atoms with Crippen LogP contribution in [0.4, 0.5) is 8.78 Å². The fourth-order valence-corrected chi connectivity index (χ4v) is 2.98. The normalized spacial score (nSPS) is 18.9. The molecule has 100 valence electrons. The molecule has 1 fully saturated rings. The summed E-state index contributed by atoms with van der Waals surface area (Å²) in [6.45, 7) is 0.254. The van der Waals surface area contributed by atoms with E-state index < -0.39 is 22.8 Å². The Morgan fingerprint density at radius 3 is 2.39 bits per heavy atom. The van der Waals surface area contributed by atoms with Gasteiger partial charge in [-0.3, -0.25) is 0 Å². The van der Waals surface area contributed by atoms with Crippen molar-refractivity contribution in [2.75, 3.05) is 6.54 Å². The lowest BCUT2D eigenvalue weighted by molar-refractivity contribution is 0.286. The lowest BCUT2D eigenvalue weighted by Gasteiger charge is -2.37. The van der Waals surface area contributed by atoms with Gasteiger partial charge in [0.15, 0.2) is 11.6 Å². The van der Waals surface area contributed by atoms with Gasteiger partial charge in [0.1, 0.15) is 0 Å². The zero-order valence-corrected chi connectivity index (χ0v) is 10.7. The van der Waals surface area contributed by atoms with Gasteiger partial charge < -0.3 is 10.8 Å². The molecule has 1 aromatic rings. The third-order valence-electron chi connectivity index (χ3n) is 3.91. The Balaban J connectivity index is 2.55. The van der Waals surface area contributed by atoms with Gasteiger partial charge in [-0.2, -0.15) is 4.39 Å². The molecular weight excluding hydrogens is 260 g/mol. The number of hydrogen-bond donors (Lipinski definition) is 2. The van der Waals surface area contributed by atoms with Gasteiger partial charge in [0.2, 0.25) is 5.82 Å². The van der Waals surface area contributed by atoms with Crippen LogP contribution >= 0.6 is 11.6 Å². The fourth-order valence-electron chi connectivity index (χ4n) is 2.78. The van der Waals surface area contributed by atoms with Gasteiger partial charge in [0, 0.05) is 17.5 Å². The summed E-state index contributed by atoms with van der Waals surface area (Å²) in [6.07, 6.45) is 4.41. The Kier molecular flexibility index (Phi) is 3.78. The van der Waals surface area contributed by atoms with Crippen molar-refractivity contribution in [2.45, 2.75) is 37.5 Å². The summed E-state index contributed by atoms with van der Waals surface area (Å²) in [5.74, 6) is -3.14. The van der Waals surface area contributed by atoms with Crippen molar-refractivity contribution in [3.05, 3.63) is 28.3 Å². The first-order valence-electron chi connectivity index (χ1n) is 6.09. The fraction of sp³-hybridized carbons (Fsp3) is 0.538. The van der Waals surface area contributed by atoms with E-state index in [1.54, 1.807) is 0 Å². The van der Waals surface area contributed by atoms with E-state index in [2.05, 4.69) is 0 Å². The van der Waals surface area contributed by atoms with Crippen LogP contribution < -0.4 is 5.73 Å². The van der Waals surface area contributed by atoms with Crippen LogP contribution in [0.3, 0.4) is 0 Å². The van der Waals surface area contributed by atoms with Crippen molar-refractivity contribution in [1.29, 1.82) is 0 Å². The highest BCUT2D eigenvalue weighted by Gasteiger charge is 2.37. The maximum absolute atomic E-state index is 14.0. The van der Waals surface area contributed by atoms with E-state index in [1.807, 2.05) is 0 Å². The van der Waals surface area contributed by atoms with Crippen LogP contribution in [0.2, 0.25) is 5.02 Å². The van der Waals surface area contributed by atoms with Crippen molar-refractivity contribution in [1.82, 2.24) is 0 Å². The Morgan fingerprint density at radius 2 is 1.83 bits per heavy atom. The Morgan fingerprint density at radius 1 is 1.22 bits per heavy atom. The topological polar surface area (TPSA) is 46.2 Å². The van der Waals surface area contributed by atoms with Gasteiger partial charge in [-0.1, -0.05) is 30.9 Å². The molecule has 0 aliphatic heterocycles. The van der Waals surface area contributed by atoms with Gasteiger partial charge >= 0.3 is 0 Å². The number of halogens is 3. The molecule has 0 unspecified atom stereocenters. The average Bonchev–Trinajstić information content (AvgIpc) is 2.41. The summed E-state index contributed by atoms with van der Waals surface area (Å²) < 4.78 is 27.6. The molecule has 5 heteroatoms. The summed E-state index contributed by atoms with van der Waals surface area (Å²) >= 11 is 5.73. The van der Waals surface area contributed by atoms with E-state index in [4.69, 9.17) is 17.3 Å². The lowest BCUT2D eigenvalue weighted by atomic mass is 9.69. The first kappa shape index (κ1) is 13.6. The van der Waals surface area contributed by atoms with Gasteiger partial charge in [0.05, 0.1) is 5.02 Å². The molecule has 0 heterocycles. The molecule has 0 aromatic heterocycles. The maximum Gasteiger partial charge on any atom is 0.202 e. The Bertz CT molecular complexity index is 459. The predicted molar refractivity (Wildman–Crippen MR) is 66.9 cm³/mol.